The molecule has 9 heteroatoms. The largest absolute Gasteiger partial charge is 0.756 e. The zero-order valence-electron chi connectivity index (χ0n) is 49.3. The number of likely N-dealkylation sites (N-methyl/N-ethyl adjacent to an activating group) is 1. The summed E-state index contributed by atoms with van der Waals surface area (Å²) in [7, 11) is 1.23. The molecule has 0 spiro atoms. The lowest BCUT2D eigenvalue weighted by atomic mass is 10.0. The molecule has 3 atom stereocenters. The summed E-state index contributed by atoms with van der Waals surface area (Å²) in [6.45, 7) is 4.53. The number of quaternary nitrogens is 1. The van der Waals surface area contributed by atoms with Gasteiger partial charge in [-0.3, -0.25) is 9.36 Å². The number of unbranched alkanes of at least 4 members (excludes halogenated alkanes) is 34. The summed E-state index contributed by atoms with van der Waals surface area (Å²) < 4.78 is 23.4. The van der Waals surface area contributed by atoms with Gasteiger partial charge in [-0.2, -0.15) is 0 Å². The van der Waals surface area contributed by atoms with Crippen LogP contribution >= 0.6 is 7.82 Å². The van der Waals surface area contributed by atoms with Crippen LogP contribution in [0.15, 0.2) is 72.9 Å². The molecule has 2 N–H and O–H groups in total. The van der Waals surface area contributed by atoms with E-state index in [1.54, 1.807) is 6.08 Å². The van der Waals surface area contributed by atoms with E-state index in [1.165, 1.54) is 186 Å². The summed E-state index contributed by atoms with van der Waals surface area (Å²) in [4.78, 5) is 25.5. The molecule has 0 aromatic heterocycles. The van der Waals surface area contributed by atoms with E-state index in [2.05, 4.69) is 79.9 Å². The molecule has 0 bridgehead atoms. The highest BCUT2D eigenvalue weighted by atomic mass is 31.2. The van der Waals surface area contributed by atoms with E-state index in [4.69, 9.17) is 9.05 Å². The highest BCUT2D eigenvalue weighted by molar-refractivity contribution is 7.45. The lowest BCUT2D eigenvalue weighted by Crippen LogP contribution is -2.45. The number of nitrogens with one attached hydrogen (secondary N) is 1. The van der Waals surface area contributed by atoms with Crippen molar-refractivity contribution >= 4 is 13.7 Å². The van der Waals surface area contributed by atoms with E-state index in [0.29, 0.717) is 17.4 Å². The number of rotatable bonds is 57. The van der Waals surface area contributed by atoms with Gasteiger partial charge in [0.25, 0.3) is 7.82 Å². The SMILES string of the molecule is CC/C=C\C/C=C\C/C=C\C/C=C\CCCCCCCCCCC(=O)NC(COP(=O)([O-])OCC[N+](C)(C)C)C(O)/C=C/CC/C=C/CCCCCCCCCCCCCCCCCCCCCCCCCCC. The molecule has 0 rings (SSSR count). The molecule has 8 nitrogen and oxygen atoms in total. The fraction of sp³-hybridized carbons (Fsp3) is 0.800. The van der Waals surface area contributed by atoms with Gasteiger partial charge in [0.2, 0.25) is 5.91 Å². The van der Waals surface area contributed by atoms with E-state index in [9.17, 15) is 19.4 Å². The van der Waals surface area contributed by atoms with Crippen molar-refractivity contribution in [2.24, 2.45) is 0 Å². The molecule has 0 radical (unpaired) electrons. The molecule has 74 heavy (non-hydrogen) atoms. The van der Waals surface area contributed by atoms with E-state index >= 15 is 0 Å². The second-order valence-corrected chi connectivity index (χ2v) is 23.8. The molecular weight excluding hydrogens is 936 g/mol. The zero-order valence-corrected chi connectivity index (χ0v) is 50.2. The summed E-state index contributed by atoms with van der Waals surface area (Å²) in [5.41, 5.74) is 0. The van der Waals surface area contributed by atoms with Gasteiger partial charge < -0.3 is 28.8 Å². The van der Waals surface area contributed by atoms with Crippen molar-refractivity contribution in [3.05, 3.63) is 72.9 Å². The van der Waals surface area contributed by atoms with Crippen LogP contribution in [0.1, 0.15) is 284 Å². The smallest absolute Gasteiger partial charge is 0.268 e. The molecule has 0 aliphatic rings. The summed E-state index contributed by atoms with van der Waals surface area (Å²) in [5, 5.41) is 13.9. The van der Waals surface area contributed by atoms with E-state index in [0.717, 1.165) is 77.0 Å². The molecule has 0 saturated heterocycles. The van der Waals surface area contributed by atoms with Crippen molar-refractivity contribution < 1.29 is 32.9 Å². The molecule has 1 amide bonds. The van der Waals surface area contributed by atoms with Gasteiger partial charge in [-0.05, 0) is 70.6 Å². The molecule has 0 saturated carbocycles. The van der Waals surface area contributed by atoms with Gasteiger partial charge in [0.05, 0.1) is 39.9 Å². The van der Waals surface area contributed by atoms with Crippen LogP contribution in [0.3, 0.4) is 0 Å². The number of phosphoric ester groups is 1. The van der Waals surface area contributed by atoms with Gasteiger partial charge in [0.1, 0.15) is 13.2 Å². The zero-order chi connectivity index (χ0) is 54.2. The van der Waals surface area contributed by atoms with Crippen molar-refractivity contribution in [1.29, 1.82) is 0 Å². The Balaban J connectivity index is 4.18. The number of allylic oxidation sites excluding steroid dienone is 11. The maximum Gasteiger partial charge on any atom is 0.268 e. The number of hydrogen-bond acceptors (Lipinski definition) is 6. The third-order valence-electron chi connectivity index (χ3n) is 13.9. The van der Waals surface area contributed by atoms with Crippen LogP contribution in [0.2, 0.25) is 0 Å². The fourth-order valence-electron chi connectivity index (χ4n) is 9.05. The monoisotopic (exact) mass is 1060 g/mol. The summed E-state index contributed by atoms with van der Waals surface area (Å²) in [6.07, 6.45) is 77.2. The predicted molar refractivity (Wildman–Crippen MR) is 320 cm³/mol. The average molecular weight is 1060 g/mol. The maximum atomic E-state index is 13.0. The first-order valence-electron chi connectivity index (χ1n) is 31.3. The number of phosphoric acid groups is 1. The maximum absolute atomic E-state index is 13.0. The molecule has 0 aromatic carbocycles. The van der Waals surface area contributed by atoms with Gasteiger partial charge in [0, 0.05) is 6.42 Å². The summed E-state index contributed by atoms with van der Waals surface area (Å²) >= 11 is 0. The predicted octanol–water partition coefficient (Wildman–Crippen LogP) is 18.8. The first kappa shape index (κ1) is 71.9. The van der Waals surface area contributed by atoms with Crippen molar-refractivity contribution in [1.82, 2.24) is 5.32 Å². The Morgan fingerprint density at radius 1 is 0.486 bits per heavy atom. The van der Waals surface area contributed by atoms with Crippen LogP contribution in [-0.4, -0.2) is 68.5 Å². The first-order chi connectivity index (χ1) is 36.0. The van der Waals surface area contributed by atoms with E-state index < -0.39 is 26.6 Å². The molecule has 0 aromatic rings. The number of carbonyl (C=O) groups is 1. The Morgan fingerprint density at radius 3 is 1.26 bits per heavy atom. The minimum Gasteiger partial charge on any atom is -0.756 e. The Kier molecular flexibility index (Phi) is 54.1. The van der Waals surface area contributed by atoms with Crippen molar-refractivity contribution in [2.45, 2.75) is 296 Å². The quantitative estimate of drug-likeness (QED) is 0.0272. The van der Waals surface area contributed by atoms with Gasteiger partial charge in [-0.15, -0.1) is 0 Å². The normalized spacial score (nSPS) is 14.3. The van der Waals surface area contributed by atoms with Crippen molar-refractivity contribution in [3.8, 4) is 0 Å². The van der Waals surface area contributed by atoms with Crippen LogP contribution in [0, 0.1) is 0 Å². The Hall–Kier alpha value is -2.06. The van der Waals surface area contributed by atoms with Crippen LogP contribution in [0.25, 0.3) is 0 Å². The number of aliphatic hydroxyl groups excluding tert-OH is 1. The molecular formula is C65H121N2O6P. The lowest BCUT2D eigenvalue weighted by molar-refractivity contribution is -0.870. The molecule has 3 unspecified atom stereocenters. The Labute approximate surface area is 459 Å². The average Bonchev–Trinajstić information content (AvgIpc) is 3.36. The molecule has 432 valence electrons. The minimum atomic E-state index is -4.61. The highest BCUT2D eigenvalue weighted by Gasteiger charge is 2.23. The number of nitrogens with zero attached hydrogens (tertiary/aromatic N) is 1. The minimum absolute atomic E-state index is 0.0109. The van der Waals surface area contributed by atoms with Gasteiger partial charge in [-0.1, -0.05) is 279 Å². The molecule has 0 aliphatic heterocycles. The Morgan fingerprint density at radius 2 is 0.838 bits per heavy atom. The van der Waals surface area contributed by atoms with E-state index in [-0.39, 0.29) is 12.5 Å². The van der Waals surface area contributed by atoms with Gasteiger partial charge in [-0.25, -0.2) is 0 Å². The number of amides is 1. The second-order valence-electron chi connectivity index (χ2n) is 22.4. The van der Waals surface area contributed by atoms with E-state index in [1.807, 2.05) is 27.2 Å². The van der Waals surface area contributed by atoms with Gasteiger partial charge in [0.15, 0.2) is 0 Å². The third kappa shape index (κ3) is 57.6. The first-order valence-corrected chi connectivity index (χ1v) is 32.8. The molecule has 0 fully saturated rings. The summed E-state index contributed by atoms with van der Waals surface area (Å²) in [5.74, 6) is -0.215. The number of aliphatic hydroxyl groups is 1. The lowest BCUT2D eigenvalue weighted by Gasteiger charge is -2.29. The molecule has 0 aliphatic carbocycles. The van der Waals surface area contributed by atoms with Crippen molar-refractivity contribution in [3.63, 3.8) is 0 Å². The highest BCUT2D eigenvalue weighted by Crippen LogP contribution is 2.38. The standard InChI is InChI=1S/C65H121N2O6P/c1-6-8-10-12-14-16-18-20-22-24-26-28-29-30-31-32-33-34-35-36-37-39-40-42-44-46-48-50-52-54-56-58-64(68)63(62-73-74(70,71)72-61-60-67(3,4)5)66-65(69)59-57-55-53-51-49-47-45-43-41-38-27-25-23-21-19-17-15-13-11-9-7-2/h9,11,15,17,21,23,27,38,48,50,56,58,63-64,68H,6-8,10,12-14,16,18-20,22,24-26,28-37,39-47,49,51-55,57,59-62H2,1-5H3,(H-,66,69,70,71)/b11-9-,17-15-,23-21-,38-27-,50-48+,58-56+. The van der Waals surface area contributed by atoms with Crippen LogP contribution < -0.4 is 10.2 Å². The number of hydrogen-bond donors (Lipinski definition) is 2. The molecule has 0 heterocycles. The van der Waals surface area contributed by atoms with Crippen LogP contribution in [0.5, 0.6) is 0 Å². The number of carbonyl (C=O) groups excluding carboxylic acids is 1. The van der Waals surface area contributed by atoms with Crippen LogP contribution in [0.4, 0.5) is 0 Å². The van der Waals surface area contributed by atoms with Crippen LogP contribution in [-0.2, 0) is 18.4 Å². The summed E-state index contributed by atoms with van der Waals surface area (Å²) in [6, 6.07) is -0.913. The Bertz CT molecular complexity index is 1430. The second kappa shape index (κ2) is 55.7. The topological polar surface area (TPSA) is 108 Å². The van der Waals surface area contributed by atoms with Gasteiger partial charge >= 0.3 is 0 Å². The fourth-order valence-corrected chi connectivity index (χ4v) is 9.77. The van der Waals surface area contributed by atoms with Crippen molar-refractivity contribution in [2.75, 3.05) is 40.9 Å². The third-order valence-corrected chi connectivity index (χ3v) is 14.9.